The van der Waals surface area contributed by atoms with E-state index in [1.807, 2.05) is 48.5 Å². The van der Waals surface area contributed by atoms with E-state index in [-0.39, 0.29) is 21.9 Å². The van der Waals surface area contributed by atoms with Crippen molar-refractivity contribution in [3.63, 3.8) is 0 Å². The Morgan fingerprint density at radius 1 is 0.750 bits per heavy atom. The van der Waals surface area contributed by atoms with Gasteiger partial charge in [0.05, 0.1) is 16.8 Å². The number of aromatic amines is 2. The predicted octanol–water partition coefficient (Wildman–Crippen LogP) is 4.97. The molecule has 2 aromatic heterocycles. The van der Waals surface area contributed by atoms with Gasteiger partial charge in [-0.2, -0.15) is 5.01 Å². The Balaban J connectivity index is 1.45. The van der Waals surface area contributed by atoms with E-state index in [2.05, 4.69) is 20.7 Å². The normalized spacial score (nSPS) is 13.8. The molecule has 7 nitrogen and oxygen atoms in total. The van der Waals surface area contributed by atoms with Crippen LogP contribution < -0.4 is 10.7 Å². The Bertz CT molecular complexity index is 1640. The third-order valence-corrected chi connectivity index (χ3v) is 6.33. The third kappa shape index (κ3) is 3.45. The van der Waals surface area contributed by atoms with Crippen molar-refractivity contribution in [1.29, 1.82) is 0 Å². The number of H-pyrrole nitrogens is 2. The van der Waals surface area contributed by atoms with Gasteiger partial charge in [0.25, 0.3) is 11.8 Å². The van der Waals surface area contributed by atoms with Crippen LogP contribution in [0.3, 0.4) is 0 Å². The molecule has 0 atom stereocenters. The molecule has 4 N–H and O–H groups in total. The van der Waals surface area contributed by atoms with Gasteiger partial charge in [-0.3, -0.25) is 15.0 Å². The summed E-state index contributed by atoms with van der Waals surface area (Å²) in [4.78, 5) is 33.9. The van der Waals surface area contributed by atoms with Crippen LogP contribution in [0.5, 0.6) is 0 Å². The minimum Gasteiger partial charge on any atom is -0.361 e. The van der Waals surface area contributed by atoms with Gasteiger partial charge in [0.1, 0.15) is 5.82 Å². The zero-order valence-corrected chi connectivity index (χ0v) is 19.4. The SMILES string of the molecule is O=C1C(c2c[nH]c3ccccc23)=C(c2c[nH]c3ccccc23)C(=O)N1NC(=S)Nc1ccccc1F. The maximum Gasteiger partial charge on any atom is 0.281 e. The molecular weight excluding hydrogens is 477 g/mol. The molecule has 0 aliphatic carbocycles. The van der Waals surface area contributed by atoms with E-state index in [0.717, 1.165) is 26.8 Å². The zero-order valence-electron chi connectivity index (χ0n) is 18.6. The number of carbonyl (C=O) groups excluding carboxylic acids is 2. The summed E-state index contributed by atoms with van der Waals surface area (Å²) in [5, 5.41) is 5.08. The monoisotopic (exact) mass is 495 g/mol. The molecule has 6 rings (SSSR count). The summed E-state index contributed by atoms with van der Waals surface area (Å²) >= 11 is 5.30. The second-order valence-corrected chi connectivity index (χ2v) is 8.65. The van der Waals surface area contributed by atoms with Crippen LogP contribution in [0.25, 0.3) is 33.0 Å². The number of amides is 2. The number of rotatable bonds is 4. The fraction of sp³-hybridized carbons (Fsp3) is 0. The van der Waals surface area contributed by atoms with Gasteiger partial charge in [0.2, 0.25) is 0 Å². The number of hydrogen-bond acceptors (Lipinski definition) is 3. The number of nitrogens with one attached hydrogen (secondary N) is 4. The number of hydrazine groups is 1. The van der Waals surface area contributed by atoms with Crippen molar-refractivity contribution in [2.75, 3.05) is 5.32 Å². The van der Waals surface area contributed by atoms with Crippen molar-refractivity contribution in [2.24, 2.45) is 0 Å². The molecule has 0 bridgehead atoms. The number of thiocarbonyl (C=S) groups is 1. The number of halogens is 1. The summed E-state index contributed by atoms with van der Waals surface area (Å²) in [6.07, 6.45) is 3.44. The van der Waals surface area contributed by atoms with Crippen LogP contribution in [-0.2, 0) is 9.59 Å². The molecule has 1 aliphatic rings. The summed E-state index contributed by atoms with van der Waals surface area (Å²) in [5.74, 6) is -1.65. The van der Waals surface area contributed by atoms with Crippen molar-refractivity contribution in [3.05, 3.63) is 102 Å². The number of hydrogen-bond donors (Lipinski definition) is 4. The summed E-state index contributed by atoms with van der Waals surface area (Å²) in [6, 6.07) is 21.1. The average molecular weight is 496 g/mol. The molecule has 36 heavy (non-hydrogen) atoms. The molecular formula is C27H18FN5O2S. The Kier molecular flexibility index (Phi) is 5.12. The van der Waals surface area contributed by atoms with Crippen LogP contribution in [-0.4, -0.2) is 31.9 Å². The van der Waals surface area contributed by atoms with Gasteiger partial charge < -0.3 is 15.3 Å². The zero-order chi connectivity index (χ0) is 24.8. The first-order valence-electron chi connectivity index (χ1n) is 11.1. The number of para-hydroxylation sites is 3. The molecule has 0 unspecified atom stereocenters. The standard InChI is InChI=1S/C27H18FN5O2S/c28-19-9-3-6-12-22(19)31-27(36)32-33-25(34)23(17-13-29-20-10-4-1-7-15(17)20)24(26(33)35)18-14-30-21-11-5-2-8-16(18)21/h1-14,29-30H,(H2,31,32,36). The molecule has 5 aromatic rings. The summed E-state index contributed by atoms with van der Waals surface area (Å²) < 4.78 is 14.1. The lowest BCUT2D eigenvalue weighted by Gasteiger charge is -2.19. The second kappa shape index (κ2) is 8.47. The van der Waals surface area contributed by atoms with Gasteiger partial charge in [-0.1, -0.05) is 48.5 Å². The van der Waals surface area contributed by atoms with Crippen molar-refractivity contribution >= 4 is 67.8 Å². The van der Waals surface area contributed by atoms with Crippen LogP contribution in [0.4, 0.5) is 10.1 Å². The molecule has 0 fully saturated rings. The average Bonchev–Trinajstić information content (AvgIpc) is 3.56. The number of carbonyl (C=O) groups is 2. The highest BCUT2D eigenvalue weighted by Gasteiger charge is 2.42. The van der Waals surface area contributed by atoms with E-state index in [4.69, 9.17) is 12.2 Å². The smallest absolute Gasteiger partial charge is 0.281 e. The van der Waals surface area contributed by atoms with E-state index in [1.165, 1.54) is 12.1 Å². The van der Waals surface area contributed by atoms with E-state index >= 15 is 0 Å². The van der Waals surface area contributed by atoms with E-state index in [9.17, 15) is 14.0 Å². The van der Waals surface area contributed by atoms with E-state index in [1.54, 1.807) is 24.5 Å². The Labute approximate surface area is 209 Å². The topological polar surface area (TPSA) is 93.0 Å². The largest absolute Gasteiger partial charge is 0.361 e. The molecule has 1 aliphatic heterocycles. The maximum absolute atomic E-state index is 14.1. The van der Waals surface area contributed by atoms with Crippen molar-refractivity contribution in [2.45, 2.75) is 0 Å². The van der Waals surface area contributed by atoms with E-state index in [0.29, 0.717) is 11.1 Å². The minimum atomic E-state index is -0.567. The molecule has 9 heteroatoms. The Morgan fingerprint density at radius 2 is 1.25 bits per heavy atom. The third-order valence-electron chi connectivity index (χ3n) is 6.14. The minimum absolute atomic E-state index is 0.0970. The highest BCUT2D eigenvalue weighted by Crippen LogP contribution is 2.40. The first-order chi connectivity index (χ1) is 17.5. The fourth-order valence-electron chi connectivity index (χ4n) is 4.50. The van der Waals surface area contributed by atoms with Crippen molar-refractivity contribution < 1.29 is 14.0 Å². The second-order valence-electron chi connectivity index (χ2n) is 8.24. The number of nitrogens with zero attached hydrogens (tertiary/aromatic N) is 1. The molecule has 0 radical (unpaired) electrons. The van der Waals surface area contributed by atoms with Gasteiger partial charge in [-0.25, -0.2) is 4.39 Å². The van der Waals surface area contributed by atoms with Gasteiger partial charge in [0, 0.05) is 45.3 Å². The summed E-state index contributed by atoms with van der Waals surface area (Å²) in [6.45, 7) is 0. The Hall–Kier alpha value is -4.76. The van der Waals surface area contributed by atoms with Crippen LogP contribution in [0.2, 0.25) is 0 Å². The van der Waals surface area contributed by atoms with Crippen LogP contribution in [0, 0.1) is 5.82 Å². The van der Waals surface area contributed by atoms with Crippen molar-refractivity contribution in [3.8, 4) is 0 Å². The van der Waals surface area contributed by atoms with E-state index < -0.39 is 17.6 Å². The number of fused-ring (bicyclic) bond motifs is 2. The van der Waals surface area contributed by atoms with Crippen molar-refractivity contribution in [1.82, 2.24) is 20.4 Å². The maximum atomic E-state index is 14.1. The molecule has 3 aromatic carbocycles. The molecule has 0 saturated carbocycles. The van der Waals surface area contributed by atoms with Gasteiger partial charge in [-0.15, -0.1) is 0 Å². The lowest BCUT2D eigenvalue weighted by Crippen LogP contribution is -2.48. The van der Waals surface area contributed by atoms with Gasteiger partial charge in [0.15, 0.2) is 5.11 Å². The van der Waals surface area contributed by atoms with Gasteiger partial charge in [-0.05, 0) is 36.5 Å². The first-order valence-corrected chi connectivity index (χ1v) is 11.5. The lowest BCUT2D eigenvalue weighted by atomic mass is 9.95. The summed E-state index contributed by atoms with van der Waals surface area (Å²) in [5.41, 5.74) is 6.13. The van der Waals surface area contributed by atoms with Crippen LogP contribution in [0.1, 0.15) is 11.1 Å². The molecule has 3 heterocycles. The highest BCUT2D eigenvalue weighted by molar-refractivity contribution is 7.80. The first kappa shape index (κ1) is 21.8. The molecule has 2 amide bonds. The quantitative estimate of drug-likeness (QED) is 0.209. The lowest BCUT2D eigenvalue weighted by molar-refractivity contribution is -0.138. The van der Waals surface area contributed by atoms with Gasteiger partial charge >= 0.3 is 0 Å². The number of aromatic nitrogens is 2. The number of imide groups is 1. The number of benzene rings is 3. The highest BCUT2D eigenvalue weighted by atomic mass is 32.1. The molecule has 0 spiro atoms. The summed E-state index contributed by atoms with van der Waals surface area (Å²) in [7, 11) is 0. The molecule has 0 saturated heterocycles. The Morgan fingerprint density at radius 3 is 1.81 bits per heavy atom. The van der Waals surface area contributed by atoms with Crippen LogP contribution >= 0.6 is 12.2 Å². The number of anilines is 1. The molecule has 176 valence electrons. The predicted molar refractivity (Wildman–Crippen MR) is 141 cm³/mol. The van der Waals surface area contributed by atoms with Crippen LogP contribution in [0.15, 0.2) is 85.2 Å². The fourth-order valence-corrected chi connectivity index (χ4v) is 4.70.